The smallest absolute Gasteiger partial charge is 0.539 e. The van der Waals surface area contributed by atoms with Gasteiger partial charge in [0.1, 0.15) is 0 Å². The number of fused-ring (bicyclic) bond motifs is 3. The molecule has 0 atom stereocenters. The van der Waals surface area contributed by atoms with Gasteiger partial charge < -0.3 is 19.6 Å². The molecule has 1 aliphatic rings. The maximum atomic E-state index is 6.16. The fourth-order valence-electron chi connectivity index (χ4n) is 4.24. The second-order valence-corrected chi connectivity index (χ2v) is 9.79. The molecule has 0 spiro atoms. The van der Waals surface area contributed by atoms with Crippen LogP contribution in [-0.2, 0) is 33.6 Å². The number of ether oxygens (including phenoxy) is 1. The van der Waals surface area contributed by atoms with E-state index in [4.69, 9.17) is 16.3 Å². The Labute approximate surface area is 232 Å². The number of methoxy groups -OCH3 is 1. The van der Waals surface area contributed by atoms with E-state index in [0.717, 1.165) is 22.8 Å². The number of hydrogen-bond donors (Lipinski definition) is 0. The maximum Gasteiger partial charge on any atom is 4.00 e. The van der Waals surface area contributed by atoms with Crippen molar-refractivity contribution in [3.8, 4) is 28.0 Å². The molecule has 180 valence electrons. The molecule has 0 radical (unpaired) electrons. The summed E-state index contributed by atoms with van der Waals surface area (Å²) in [6.07, 6.45) is 0.864. The van der Waals surface area contributed by atoms with E-state index in [0.29, 0.717) is 5.41 Å². The molecule has 0 aliphatic heterocycles. The molecule has 0 fully saturated rings. The molecule has 0 bridgehead atoms. The van der Waals surface area contributed by atoms with E-state index in [2.05, 4.69) is 82.3 Å². The molecule has 35 heavy (non-hydrogen) atoms. The van der Waals surface area contributed by atoms with Crippen LogP contribution in [0.25, 0.3) is 22.3 Å². The van der Waals surface area contributed by atoms with Gasteiger partial charge in [-0.3, -0.25) is 0 Å². The number of halogens is 1. The SMILES string of the molecule is COc1c[c-]c(-c2ccccc2)c2c1-c1ccc(Cl)cc1C2.C[c-]1ccc(C(C)(C)C)c1.[CH3-].[CH3-].[Ti+4]. The standard InChI is InChI=1S/C20H14ClO.C10H15.2CH3.Ti/c1-22-19-10-9-16(13-5-3-2-4-6-13)18-12-14-11-15(21)7-8-17(14)20(18)19;1-8-5-6-9(7-8)10(2,3)4;;;/h2-8,10-11H,12H2,1H3;5-7H,1-4H3;2*1H3;/q4*-1;+4. The van der Waals surface area contributed by atoms with Gasteiger partial charge in [0.25, 0.3) is 0 Å². The van der Waals surface area contributed by atoms with Gasteiger partial charge in [0.05, 0.1) is 7.11 Å². The van der Waals surface area contributed by atoms with Gasteiger partial charge in [-0.05, 0) is 29.7 Å². The molecule has 1 aliphatic carbocycles. The number of benzene rings is 3. The number of rotatable bonds is 2. The minimum Gasteiger partial charge on any atom is -0.539 e. The van der Waals surface area contributed by atoms with E-state index in [1.807, 2.05) is 24.3 Å². The molecule has 0 saturated heterocycles. The minimum absolute atomic E-state index is 0. The summed E-state index contributed by atoms with van der Waals surface area (Å²) in [4.78, 5) is 0. The average Bonchev–Trinajstić information content (AvgIpc) is 3.37. The fraction of sp³-hybridized carbons (Fsp3) is 0.219. The Morgan fingerprint density at radius 2 is 1.69 bits per heavy atom. The van der Waals surface area contributed by atoms with Crippen LogP contribution in [0.2, 0.25) is 5.02 Å². The zero-order chi connectivity index (χ0) is 22.9. The summed E-state index contributed by atoms with van der Waals surface area (Å²) in [7, 11) is 1.71. The Balaban J connectivity index is 0.000000407. The maximum absolute atomic E-state index is 6.16. The molecule has 4 aromatic carbocycles. The van der Waals surface area contributed by atoms with Crippen LogP contribution in [0.15, 0.2) is 72.8 Å². The summed E-state index contributed by atoms with van der Waals surface area (Å²) < 4.78 is 5.57. The van der Waals surface area contributed by atoms with E-state index in [-0.39, 0.29) is 36.6 Å². The van der Waals surface area contributed by atoms with Gasteiger partial charge in [-0.15, -0.1) is 23.3 Å². The second kappa shape index (κ2) is 12.7. The molecule has 0 saturated carbocycles. The van der Waals surface area contributed by atoms with Gasteiger partial charge in [0.2, 0.25) is 0 Å². The van der Waals surface area contributed by atoms with Gasteiger partial charge in [0, 0.05) is 10.8 Å². The van der Waals surface area contributed by atoms with Crippen LogP contribution in [0.3, 0.4) is 0 Å². The molecule has 3 heteroatoms. The molecule has 4 aromatic rings. The van der Waals surface area contributed by atoms with Crippen molar-refractivity contribution < 1.29 is 26.5 Å². The van der Waals surface area contributed by atoms with Crippen molar-refractivity contribution in [3.05, 3.63) is 121 Å². The van der Waals surface area contributed by atoms with Gasteiger partial charge >= 0.3 is 21.7 Å². The Morgan fingerprint density at radius 1 is 1.00 bits per heavy atom. The second-order valence-electron chi connectivity index (χ2n) is 9.36. The molecule has 0 amide bonds. The molecule has 0 unspecified atom stereocenters. The summed E-state index contributed by atoms with van der Waals surface area (Å²) in [5, 5.41) is 0.774. The first kappa shape index (κ1) is 30.8. The van der Waals surface area contributed by atoms with Crippen molar-refractivity contribution in [1.82, 2.24) is 0 Å². The first-order chi connectivity index (χ1) is 15.3. The van der Waals surface area contributed by atoms with Crippen molar-refractivity contribution in [2.24, 2.45) is 0 Å². The van der Waals surface area contributed by atoms with Crippen LogP contribution in [0.1, 0.15) is 43.0 Å². The average molecular weight is 519 g/mol. The van der Waals surface area contributed by atoms with E-state index in [1.54, 1.807) is 7.11 Å². The third-order valence-corrected chi connectivity index (χ3v) is 6.19. The normalized spacial score (nSPS) is 10.9. The van der Waals surface area contributed by atoms with Crippen LogP contribution in [0.5, 0.6) is 5.75 Å². The third kappa shape index (κ3) is 6.73. The Hall–Kier alpha value is -2.19. The summed E-state index contributed by atoms with van der Waals surface area (Å²) in [5.74, 6) is 0.871. The summed E-state index contributed by atoms with van der Waals surface area (Å²) in [5.41, 5.74) is 10.3. The van der Waals surface area contributed by atoms with Crippen molar-refractivity contribution >= 4 is 11.6 Å². The molecular weight excluding hydrogens is 484 g/mol. The van der Waals surface area contributed by atoms with Crippen molar-refractivity contribution in [2.45, 2.75) is 39.5 Å². The van der Waals surface area contributed by atoms with Gasteiger partial charge in [0.15, 0.2) is 0 Å². The molecule has 5 rings (SSSR count). The van der Waals surface area contributed by atoms with Gasteiger partial charge in [-0.1, -0.05) is 92.2 Å². The first-order valence-electron chi connectivity index (χ1n) is 11.0. The van der Waals surface area contributed by atoms with Crippen molar-refractivity contribution in [3.63, 3.8) is 0 Å². The Bertz CT molecular complexity index is 1230. The van der Waals surface area contributed by atoms with Crippen LogP contribution < -0.4 is 4.74 Å². The molecular formula is C32H35ClOTi. The predicted molar refractivity (Wildman–Crippen MR) is 149 cm³/mol. The molecule has 1 nitrogen and oxygen atoms in total. The fourth-order valence-corrected chi connectivity index (χ4v) is 4.43. The predicted octanol–water partition coefficient (Wildman–Crippen LogP) is 9.30. The summed E-state index contributed by atoms with van der Waals surface area (Å²) in [6, 6.07) is 28.4. The van der Waals surface area contributed by atoms with Crippen LogP contribution in [0.4, 0.5) is 0 Å². The molecule has 0 N–H and O–H groups in total. The number of hydrogen-bond acceptors (Lipinski definition) is 1. The first-order valence-corrected chi connectivity index (χ1v) is 11.4. The minimum atomic E-state index is 0. The van der Waals surface area contributed by atoms with Crippen LogP contribution in [0, 0.1) is 27.8 Å². The van der Waals surface area contributed by atoms with Gasteiger partial charge in [-0.25, -0.2) is 6.07 Å². The summed E-state index contributed by atoms with van der Waals surface area (Å²) in [6.45, 7) is 8.85. The van der Waals surface area contributed by atoms with Crippen LogP contribution >= 0.6 is 11.6 Å². The largest absolute Gasteiger partial charge is 4.00 e. The van der Waals surface area contributed by atoms with E-state index in [1.165, 1.54) is 38.9 Å². The number of aryl methyl sites for hydroxylation is 1. The quantitative estimate of drug-likeness (QED) is 0.167. The van der Waals surface area contributed by atoms with E-state index >= 15 is 0 Å². The van der Waals surface area contributed by atoms with Crippen molar-refractivity contribution in [2.75, 3.05) is 7.11 Å². The Morgan fingerprint density at radius 3 is 2.23 bits per heavy atom. The molecule has 0 aromatic heterocycles. The van der Waals surface area contributed by atoms with Gasteiger partial charge in [-0.2, -0.15) is 23.3 Å². The van der Waals surface area contributed by atoms with E-state index < -0.39 is 0 Å². The van der Waals surface area contributed by atoms with Crippen molar-refractivity contribution in [1.29, 1.82) is 0 Å². The van der Waals surface area contributed by atoms with E-state index in [9.17, 15) is 0 Å². The Kier molecular flexibility index (Phi) is 11.2. The van der Waals surface area contributed by atoms with Crippen LogP contribution in [-0.4, -0.2) is 7.11 Å². The zero-order valence-corrected chi connectivity index (χ0v) is 24.2. The molecule has 0 heterocycles. The summed E-state index contributed by atoms with van der Waals surface area (Å²) >= 11 is 6.16. The topological polar surface area (TPSA) is 9.23 Å². The zero-order valence-electron chi connectivity index (χ0n) is 21.9. The monoisotopic (exact) mass is 518 g/mol. The third-order valence-electron chi connectivity index (χ3n) is 5.96.